The third-order valence-electron chi connectivity index (χ3n) is 4.87. The number of aryl methyl sites for hydroxylation is 1. The van der Waals surface area contributed by atoms with Crippen molar-refractivity contribution < 1.29 is 18.5 Å². The highest BCUT2D eigenvalue weighted by Crippen LogP contribution is 2.35. The topological polar surface area (TPSA) is 84.9 Å². The lowest BCUT2D eigenvalue weighted by Gasteiger charge is -2.35. The molecule has 0 aliphatic carbocycles. The standard InChI is InChI=1S/C19H19FN4O4/c1-12-3-4-17-14(9-12)21-19(28-17)23-7-5-22(6-8-23)15-11-18(27-2)13(20)10-16(15)24(25)26/h3-4,9-11H,5-8H2,1-2H3. The van der Waals surface area contributed by atoms with E-state index in [-0.39, 0.29) is 11.4 Å². The number of hydrogen-bond donors (Lipinski definition) is 0. The van der Waals surface area contributed by atoms with Crippen molar-refractivity contribution in [3.63, 3.8) is 0 Å². The van der Waals surface area contributed by atoms with Crippen molar-refractivity contribution in [1.29, 1.82) is 0 Å². The van der Waals surface area contributed by atoms with Gasteiger partial charge in [0, 0.05) is 32.2 Å². The largest absolute Gasteiger partial charge is 0.494 e. The van der Waals surface area contributed by atoms with E-state index < -0.39 is 10.7 Å². The molecule has 0 radical (unpaired) electrons. The zero-order chi connectivity index (χ0) is 19.8. The van der Waals surface area contributed by atoms with Crippen molar-refractivity contribution >= 4 is 28.5 Å². The van der Waals surface area contributed by atoms with E-state index >= 15 is 0 Å². The van der Waals surface area contributed by atoms with Gasteiger partial charge in [-0.1, -0.05) is 6.07 Å². The van der Waals surface area contributed by atoms with Crippen molar-refractivity contribution in [3.8, 4) is 5.75 Å². The summed E-state index contributed by atoms with van der Waals surface area (Å²) in [6.07, 6.45) is 0. The summed E-state index contributed by atoms with van der Waals surface area (Å²) in [4.78, 5) is 19.2. The molecule has 8 nitrogen and oxygen atoms in total. The fourth-order valence-electron chi connectivity index (χ4n) is 3.39. The fraction of sp³-hybridized carbons (Fsp3) is 0.316. The van der Waals surface area contributed by atoms with Gasteiger partial charge in [-0.25, -0.2) is 4.39 Å². The first-order valence-corrected chi connectivity index (χ1v) is 8.85. The summed E-state index contributed by atoms with van der Waals surface area (Å²) in [5.41, 5.74) is 2.70. The maximum Gasteiger partial charge on any atom is 0.298 e. The smallest absolute Gasteiger partial charge is 0.298 e. The number of oxazole rings is 1. The normalized spacial score (nSPS) is 14.5. The van der Waals surface area contributed by atoms with Gasteiger partial charge >= 0.3 is 0 Å². The van der Waals surface area contributed by atoms with Crippen LogP contribution < -0.4 is 14.5 Å². The number of nitro benzene ring substituents is 1. The highest BCUT2D eigenvalue weighted by Gasteiger charge is 2.27. The number of nitro groups is 1. The van der Waals surface area contributed by atoms with Crippen LogP contribution >= 0.6 is 0 Å². The van der Waals surface area contributed by atoms with Crippen LogP contribution in [-0.2, 0) is 0 Å². The Morgan fingerprint density at radius 2 is 1.89 bits per heavy atom. The minimum absolute atomic E-state index is 0.0163. The number of anilines is 2. The number of aromatic nitrogens is 1. The van der Waals surface area contributed by atoms with E-state index in [2.05, 4.69) is 4.98 Å². The Kier molecular flexibility index (Phi) is 4.50. The molecule has 2 aromatic carbocycles. The van der Waals surface area contributed by atoms with Gasteiger partial charge in [0.2, 0.25) is 0 Å². The Hall–Kier alpha value is -3.36. The molecule has 146 valence electrons. The molecule has 0 atom stereocenters. The number of benzene rings is 2. The quantitative estimate of drug-likeness (QED) is 0.501. The molecule has 1 aliphatic heterocycles. The zero-order valence-corrected chi connectivity index (χ0v) is 15.5. The number of piperazine rings is 1. The lowest BCUT2D eigenvalue weighted by molar-refractivity contribution is -0.384. The van der Waals surface area contributed by atoms with Crippen LogP contribution in [0.15, 0.2) is 34.7 Å². The number of rotatable bonds is 4. The minimum atomic E-state index is -0.752. The Balaban J connectivity index is 1.56. The predicted octanol–water partition coefficient (Wildman–Crippen LogP) is 3.52. The van der Waals surface area contributed by atoms with Gasteiger partial charge in [-0.05, 0) is 24.6 Å². The van der Waals surface area contributed by atoms with Crippen LogP contribution in [0.3, 0.4) is 0 Å². The van der Waals surface area contributed by atoms with Gasteiger partial charge in [0.15, 0.2) is 17.1 Å². The zero-order valence-electron chi connectivity index (χ0n) is 15.5. The van der Waals surface area contributed by atoms with Gasteiger partial charge < -0.3 is 19.0 Å². The molecule has 0 bridgehead atoms. The van der Waals surface area contributed by atoms with E-state index in [1.54, 1.807) is 0 Å². The summed E-state index contributed by atoms with van der Waals surface area (Å²) in [5, 5.41) is 11.4. The molecule has 0 N–H and O–H groups in total. The van der Waals surface area contributed by atoms with Crippen LogP contribution in [0.5, 0.6) is 5.75 Å². The molecule has 0 saturated carbocycles. The number of fused-ring (bicyclic) bond motifs is 1. The Bertz CT molecular complexity index is 1040. The van der Waals surface area contributed by atoms with Gasteiger partial charge in [-0.15, -0.1) is 0 Å². The molecule has 28 heavy (non-hydrogen) atoms. The Morgan fingerprint density at radius 1 is 1.18 bits per heavy atom. The maximum atomic E-state index is 13.9. The number of ether oxygens (including phenoxy) is 1. The lowest BCUT2D eigenvalue weighted by Crippen LogP contribution is -2.46. The molecule has 1 saturated heterocycles. The Morgan fingerprint density at radius 3 is 2.57 bits per heavy atom. The summed E-state index contributed by atoms with van der Waals surface area (Å²) >= 11 is 0. The van der Waals surface area contributed by atoms with Gasteiger partial charge in [0.1, 0.15) is 11.2 Å². The molecule has 0 spiro atoms. The van der Waals surface area contributed by atoms with Gasteiger partial charge in [-0.2, -0.15) is 4.98 Å². The number of hydrogen-bond acceptors (Lipinski definition) is 7. The van der Waals surface area contributed by atoms with Gasteiger partial charge in [0.25, 0.3) is 11.7 Å². The minimum Gasteiger partial charge on any atom is -0.494 e. The molecule has 1 aliphatic rings. The molecule has 2 heterocycles. The second-order valence-electron chi connectivity index (χ2n) is 6.67. The van der Waals surface area contributed by atoms with Crippen LogP contribution in [-0.4, -0.2) is 43.2 Å². The van der Waals surface area contributed by atoms with Crippen LogP contribution in [0.2, 0.25) is 0 Å². The van der Waals surface area contributed by atoms with Crippen molar-refractivity contribution in [1.82, 2.24) is 4.98 Å². The highest BCUT2D eigenvalue weighted by atomic mass is 19.1. The second-order valence-corrected chi connectivity index (χ2v) is 6.67. The molecule has 1 fully saturated rings. The van der Waals surface area contributed by atoms with E-state index in [1.165, 1.54) is 13.2 Å². The molecule has 4 rings (SSSR count). The molecular weight excluding hydrogens is 367 g/mol. The molecular formula is C19H19FN4O4. The average Bonchev–Trinajstić information content (AvgIpc) is 3.11. The Labute approximate surface area is 160 Å². The van der Waals surface area contributed by atoms with E-state index in [0.717, 1.165) is 22.7 Å². The van der Waals surface area contributed by atoms with E-state index in [4.69, 9.17) is 9.15 Å². The molecule has 0 unspecified atom stereocenters. The van der Waals surface area contributed by atoms with Crippen molar-refractivity contribution in [2.75, 3.05) is 43.1 Å². The number of nitrogens with zero attached hydrogens (tertiary/aromatic N) is 4. The van der Waals surface area contributed by atoms with E-state index in [0.29, 0.717) is 37.9 Å². The lowest BCUT2D eigenvalue weighted by atomic mass is 10.2. The van der Waals surface area contributed by atoms with Crippen molar-refractivity contribution in [2.24, 2.45) is 0 Å². The van der Waals surface area contributed by atoms with Crippen LogP contribution in [0.1, 0.15) is 5.56 Å². The van der Waals surface area contributed by atoms with Gasteiger partial charge in [-0.3, -0.25) is 10.1 Å². The first kappa shape index (κ1) is 18.0. The molecule has 0 amide bonds. The highest BCUT2D eigenvalue weighted by molar-refractivity contribution is 5.75. The van der Waals surface area contributed by atoms with Crippen LogP contribution in [0.25, 0.3) is 11.1 Å². The van der Waals surface area contributed by atoms with Crippen molar-refractivity contribution in [3.05, 3.63) is 51.8 Å². The molecule has 3 aromatic rings. The third-order valence-corrected chi connectivity index (χ3v) is 4.87. The average molecular weight is 386 g/mol. The summed E-state index contributed by atoms with van der Waals surface area (Å²) < 4.78 is 24.7. The number of methoxy groups -OCH3 is 1. The molecule has 9 heteroatoms. The second kappa shape index (κ2) is 6.99. The predicted molar refractivity (Wildman–Crippen MR) is 103 cm³/mol. The summed E-state index contributed by atoms with van der Waals surface area (Å²) in [6.45, 7) is 4.16. The van der Waals surface area contributed by atoms with Crippen LogP contribution in [0.4, 0.5) is 21.8 Å². The van der Waals surface area contributed by atoms with E-state index in [1.807, 2.05) is 34.9 Å². The summed E-state index contributed by atoms with van der Waals surface area (Å²) in [6, 6.07) is 8.65. The molecule has 1 aromatic heterocycles. The van der Waals surface area contributed by atoms with Crippen molar-refractivity contribution in [2.45, 2.75) is 6.92 Å². The summed E-state index contributed by atoms with van der Waals surface area (Å²) in [7, 11) is 1.33. The SMILES string of the molecule is COc1cc(N2CCN(c3nc4cc(C)ccc4o3)CC2)c([N+](=O)[O-])cc1F. The van der Waals surface area contributed by atoms with Crippen LogP contribution in [0, 0.1) is 22.9 Å². The maximum absolute atomic E-state index is 13.9. The first-order chi connectivity index (χ1) is 13.5. The van der Waals surface area contributed by atoms with E-state index in [9.17, 15) is 14.5 Å². The monoisotopic (exact) mass is 386 g/mol. The fourth-order valence-corrected chi connectivity index (χ4v) is 3.39. The van der Waals surface area contributed by atoms with Gasteiger partial charge in [0.05, 0.1) is 18.1 Å². The number of halogens is 1. The summed E-state index contributed by atoms with van der Waals surface area (Å²) in [5.74, 6) is -0.768. The first-order valence-electron chi connectivity index (χ1n) is 8.85. The third kappa shape index (κ3) is 3.19.